The summed E-state index contributed by atoms with van der Waals surface area (Å²) in [7, 11) is -17.0. The van der Waals surface area contributed by atoms with Crippen LogP contribution in [-0.4, -0.2) is 256 Å². The summed E-state index contributed by atoms with van der Waals surface area (Å²) >= 11 is 0. The molecule has 0 spiro atoms. The average Bonchev–Trinajstić information content (AvgIpc) is 3.32. The van der Waals surface area contributed by atoms with Crippen LogP contribution in [0.3, 0.4) is 0 Å². The molecule has 0 aromatic rings. The largest absolute Gasteiger partial charge is 0.748 e. The third-order valence-electron chi connectivity index (χ3n) is 13.1. The fourth-order valence-corrected chi connectivity index (χ4v) is 12.7. The van der Waals surface area contributed by atoms with Crippen molar-refractivity contribution in [3.8, 4) is 0 Å². The van der Waals surface area contributed by atoms with Crippen molar-refractivity contribution in [2.24, 2.45) is 0 Å². The summed E-state index contributed by atoms with van der Waals surface area (Å²) in [6, 6.07) is -0.137. The normalized spacial score (nSPS) is 15.6. The van der Waals surface area contributed by atoms with Gasteiger partial charge in [0.25, 0.3) is 10.1 Å². The van der Waals surface area contributed by atoms with Crippen LogP contribution in [-0.2, 0) is 43.6 Å². The molecule has 0 fully saturated rings. The minimum absolute atomic E-state index is 0.137. The van der Waals surface area contributed by atoms with Gasteiger partial charge in [-0.3, -0.25) is 4.55 Å². The number of hydrogen-bond donors (Lipinski definition) is 13. The molecule has 0 aromatic carbocycles. The number of nitrogens with one attached hydrogen (secondary N) is 3. The Hall–Kier alpha value is -0.693. The minimum Gasteiger partial charge on any atom is -0.748 e. The molecule has 0 radical (unpaired) electrons. The van der Waals surface area contributed by atoms with Gasteiger partial charge in [0.1, 0.15) is 5.75 Å². The first-order valence-electron chi connectivity index (χ1n) is 26.1. The lowest BCUT2D eigenvalue weighted by molar-refractivity contribution is -0.910. The van der Waals surface area contributed by atoms with Crippen molar-refractivity contribution >= 4 is 39.2 Å². The van der Waals surface area contributed by atoms with E-state index in [2.05, 4.69) is 36.8 Å². The fourth-order valence-electron chi connectivity index (χ4n) is 8.16. The predicted octanol–water partition coefficient (Wildman–Crippen LogP) is -1.91. The Bertz CT molecular complexity index is 1590. The van der Waals surface area contributed by atoms with Gasteiger partial charge in [-0.25, -0.2) is 16.8 Å². The molecule has 0 aliphatic carbocycles. The first-order chi connectivity index (χ1) is 34.6. The van der Waals surface area contributed by atoms with Gasteiger partial charge in [-0.15, -0.1) is 0 Å². The van der Waals surface area contributed by atoms with Crippen molar-refractivity contribution in [1.82, 2.24) is 16.0 Å². The maximum atomic E-state index is 11.5. The number of nitrogens with zero attached hydrogens (tertiary/aromatic N) is 1. The van der Waals surface area contributed by atoms with E-state index in [1.54, 1.807) is 0 Å². The van der Waals surface area contributed by atoms with Crippen LogP contribution >= 0.6 is 0 Å². The predicted molar refractivity (Wildman–Crippen MR) is 277 cm³/mol. The second-order valence-electron chi connectivity index (χ2n) is 20.5. The van der Waals surface area contributed by atoms with E-state index in [-0.39, 0.29) is 12.5 Å². The lowest BCUT2D eigenvalue weighted by atomic mass is 10.0. The van der Waals surface area contributed by atoms with E-state index in [4.69, 9.17) is 13.3 Å². The first-order valence-corrected chi connectivity index (χ1v) is 32.8. The number of β-amino-alcohol motifs (C(OH)–C–C–N with tert-alkyl or cyclic N) is 3. The van der Waals surface area contributed by atoms with Gasteiger partial charge in [0.05, 0.1) is 153 Å². The molecule has 0 aromatic heterocycles. The molecule has 0 saturated heterocycles. The summed E-state index contributed by atoms with van der Waals surface area (Å²) in [5, 5.41) is 103. The third-order valence-corrected chi connectivity index (χ3v) is 18.2. The van der Waals surface area contributed by atoms with Gasteiger partial charge in [-0.2, -0.15) is 8.42 Å². The zero-order valence-corrected chi connectivity index (χ0v) is 47.8. The number of hydrogen-bond acceptors (Lipinski definition) is 23. The smallest absolute Gasteiger partial charge is 0.501 e. The summed E-state index contributed by atoms with van der Waals surface area (Å²) in [6.45, 7) is -3.38. The number of unbranched alkanes of at least 4 members (excludes halogenated alkanes) is 14. The molecule has 0 amide bonds. The molecule has 0 saturated carbocycles. The molecule has 3 atom stereocenters. The molecule has 0 heterocycles. The highest BCUT2D eigenvalue weighted by molar-refractivity contribution is 7.86. The molecule has 0 aliphatic rings. The Kier molecular flexibility index (Phi) is 37.7. The monoisotopic (exact) mass is 1150 g/mol. The molecular formula is C45H97N4O21S3Si-. The molecule has 446 valence electrons. The Labute approximate surface area is 443 Å². The van der Waals surface area contributed by atoms with Crippen molar-refractivity contribution in [3.63, 3.8) is 0 Å². The quantitative estimate of drug-likeness (QED) is 0.0137. The molecule has 13 N–H and O–H groups in total. The summed E-state index contributed by atoms with van der Waals surface area (Å²) in [6.07, 6.45) is 12.6. The molecular weight excluding hydrogens is 1060 g/mol. The molecule has 0 rings (SSSR count). The summed E-state index contributed by atoms with van der Waals surface area (Å²) in [5.41, 5.74) is -5.79. The highest BCUT2D eigenvalue weighted by Gasteiger charge is 2.49. The fraction of sp³-hybridized carbons (Fsp3) is 1.00. The standard InChI is InChI=1S/C45H98N4O21S3Si/c1-4-6-8-10-12-14-16-18-21-49(3,22-19-17-15-13-11-9-7-5-2)23-20-24-74(68-37-43(31-50,32-51)46-25-40(56)28-71(59,60)61,69-38-44(33-52,34-53)47-26-41(57)29-72(62,63)64)70-39-45(35-54,36-55)48-27-42(58)30-73(65,66)67/h40-42,46-48,50-58H,4-39H2,1-3H3,(H2-,59,60,61,62,63,64,65,66,67)/p-1. The van der Waals surface area contributed by atoms with Crippen LogP contribution in [0.5, 0.6) is 0 Å². The summed E-state index contributed by atoms with van der Waals surface area (Å²) in [4.78, 5) is 0. The Balaban J connectivity index is 7.47. The minimum atomic E-state index is -4.92. The molecule has 29 heteroatoms. The second kappa shape index (κ2) is 38.0. The summed E-state index contributed by atoms with van der Waals surface area (Å²) < 4.78 is 121. The molecule has 3 unspecified atom stereocenters. The maximum absolute atomic E-state index is 11.5. The van der Waals surface area contributed by atoms with Crippen LogP contribution in [0.2, 0.25) is 6.04 Å². The van der Waals surface area contributed by atoms with Crippen LogP contribution in [0.4, 0.5) is 0 Å². The van der Waals surface area contributed by atoms with Gasteiger partial charge < -0.3 is 88.8 Å². The van der Waals surface area contributed by atoms with Crippen molar-refractivity contribution in [2.75, 3.05) is 123 Å². The highest BCUT2D eigenvalue weighted by atomic mass is 32.2. The van der Waals surface area contributed by atoms with E-state index in [9.17, 15) is 84.9 Å². The number of aliphatic hydroxyl groups excluding tert-OH is 9. The highest BCUT2D eigenvalue weighted by Crippen LogP contribution is 2.27. The van der Waals surface area contributed by atoms with Crippen LogP contribution < -0.4 is 16.0 Å². The zero-order chi connectivity index (χ0) is 56.4. The number of aliphatic hydroxyl groups is 9. The Morgan fingerprint density at radius 1 is 0.473 bits per heavy atom. The number of quaternary nitrogens is 1. The van der Waals surface area contributed by atoms with Crippen molar-refractivity contribution in [1.29, 1.82) is 0 Å². The van der Waals surface area contributed by atoms with E-state index in [1.807, 2.05) is 0 Å². The molecule has 25 nitrogen and oxygen atoms in total. The van der Waals surface area contributed by atoms with Crippen LogP contribution in [0.25, 0.3) is 0 Å². The average molecular weight is 1150 g/mol. The van der Waals surface area contributed by atoms with Gasteiger partial charge in [0.2, 0.25) is 0 Å². The maximum Gasteiger partial charge on any atom is 0.501 e. The van der Waals surface area contributed by atoms with E-state index in [0.717, 1.165) is 90.1 Å². The van der Waals surface area contributed by atoms with Crippen molar-refractivity contribution in [2.45, 2.75) is 164 Å². The van der Waals surface area contributed by atoms with E-state index >= 15 is 0 Å². The van der Waals surface area contributed by atoms with Crippen molar-refractivity contribution in [3.05, 3.63) is 0 Å². The van der Waals surface area contributed by atoms with E-state index < -0.39 is 170 Å². The molecule has 74 heavy (non-hydrogen) atoms. The SMILES string of the molecule is CCCCCCCCCC[N+](C)(CCCCCCCCCC)CCC[Si](OCC(CO)(CO)NCC(O)CS(=O)(=O)[O-])(OCC(CO)(CO)NCC(O)CS(=O)(=O)[O-])OCC(CO)(CO)NCC(O)CS(=O)(=O)O. The van der Waals surface area contributed by atoms with Crippen LogP contribution in [0.15, 0.2) is 0 Å². The van der Waals surface area contributed by atoms with Crippen LogP contribution in [0.1, 0.15) is 123 Å². The first kappa shape index (κ1) is 73.3. The lowest BCUT2D eigenvalue weighted by Crippen LogP contribution is -2.64. The van der Waals surface area contributed by atoms with Gasteiger partial charge >= 0.3 is 8.80 Å². The van der Waals surface area contributed by atoms with Gasteiger partial charge in [0, 0.05) is 32.1 Å². The van der Waals surface area contributed by atoms with Crippen LogP contribution in [0, 0.1) is 0 Å². The van der Waals surface area contributed by atoms with E-state index in [1.165, 1.54) is 25.7 Å². The zero-order valence-electron chi connectivity index (χ0n) is 44.3. The molecule has 0 bridgehead atoms. The summed E-state index contributed by atoms with van der Waals surface area (Å²) in [5.74, 6) is -3.57. The lowest BCUT2D eigenvalue weighted by Gasteiger charge is -2.42. The Morgan fingerprint density at radius 3 is 1.01 bits per heavy atom. The Morgan fingerprint density at radius 2 is 0.743 bits per heavy atom. The third kappa shape index (κ3) is 34.3. The topological polar surface area (TPSA) is 415 Å². The van der Waals surface area contributed by atoms with Gasteiger partial charge in [0.15, 0.2) is 0 Å². The molecule has 0 aliphatic heterocycles. The number of rotatable bonds is 52. The van der Waals surface area contributed by atoms with Gasteiger partial charge in [-0.1, -0.05) is 90.9 Å². The van der Waals surface area contributed by atoms with Crippen molar-refractivity contribution < 1.29 is 103 Å². The van der Waals surface area contributed by atoms with Gasteiger partial charge in [-0.05, 0) is 25.7 Å². The second-order valence-corrected chi connectivity index (χ2v) is 27.6. The van der Waals surface area contributed by atoms with E-state index in [0.29, 0.717) is 11.0 Å².